The highest BCUT2D eigenvalue weighted by molar-refractivity contribution is 7.15. The Bertz CT molecular complexity index is 722. The van der Waals surface area contributed by atoms with Crippen molar-refractivity contribution < 1.29 is 14.3 Å². The van der Waals surface area contributed by atoms with Crippen LogP contribution in [0.5, 0.6) is 0 Å². The molecule has 8 heteroatoms. The number of urea groups is 1. The van der Waals surface area contributed by atoms with Gasteiger partial charge >= 0.3 is 6.03 Å². The number of carbonyl (C=O) groups is 1. The SMILES string of the molecule is CCN(CC(C)(C)O)C(=O)Nc1nnc(Cc2cc(C)cc(F)c2)s1. The fourth-order valence-electron chi connectivity index (χ4n) is 2.43. The first-order chi connectivity index (χ1) is 11.7. The molecule has 0 fully saturated rings. The van der Waals surface area contributed by atoms with Crippen molar-refractivity contribution >= 4 is 22.5 Å². The van der Waals surface area contributed by atoms with Gasteiger partial charge in [-0.1, -0.05) is 17.4 Å². The van der Waals surface area contributed by atoms with Gasteiger partial charge in [-0.25, -0.2) is 9.18 Å². The third-order valence-electron chi connectivity index (χ3n) is 3.38. The molecule has 1 aromatic carbocycles. The molecule has 2 rings (SSSR count). The number of nitrogens with zero attached hydrogens (tertiary/aromatic N) is 3. The van der Waals surface area contributed by atoms with Gasteiger partial charge in [-0.3, -0.25) is 5.32 Å². The molecule has 2 N–H and O–H groups in total. The van der Waals surface area contributed by atoms with E-state index in [1.54, 1.807) is 13.8 Å². The molecular weight excluding hydrogens is 343 g/mol. The molecule has 0 radical (unpaired) electrons. The van der Waals surface area contributed by atoms with E-state index in [9.17, 15) is 14.3 Å². The summed E-state index contributed by atoms with van der Waals surface area (Å²) in [6, 6.07) is 4.49. The van der Waals surface area contributed by atoms with Crippen molar-refractivity contribution in [2.24, 2.45) is 0 Å². The summed E-state index contributed by atoms with van der Waals surface area (Å²) >= 11 is 1.25. The van der Waals surface area contributed by atoms with Gasteiger partial charge in [0.1, 0.15) is 10.8 Å². The van der Waals surface area contributed by atoms with Gasteiger partial charge in [-0.15, -0.1) is 10.2 Å². The zero-order chi connectivity index (χ0) is 18.6. The Morgan fingerprint density at radius 3 is 2.68 bits per heavy atom. The van der Waals surface area contributed by atoms with Crippen LogP contribution in [0.2, 0.25) is 0 Å². The number of hydrogen-bond acceptors (Lipinski definition) is 5. The Balaban J connectivity index is 2.02. The molecule has 6 nitrogen and oxygen atoms in total. The number of anilines is 1. The lowest BCUT2D eigenvalue weighted by molar-refractivity contribution is 0.0501. The number of rotatable bonds is 6. The standard InChI is InChI=1S/C17H23FN4O2S/c1-5-22(10-17(3,4)24)16(23)19-15-21-20-14(25-15)9-12-6-11(2)7-13(18)8-12/h6-8,24H,5,9-10H2,1-4H3,(H,19,21,23). The summed E-state index contributed by atoms with van der Waals surface area (Å²) in [5, 5.41) is 21.6. The lowest BCUT2D eigenvalue weighted by Gasteiger charge is -2.27. The predicted octanol–water partition coefficient (Wildman–Crippen LogP) is 3.20. The Morgan fingerprint density at radius 1 is 1.36 bits per heavy atom. The minimum atomic E-state index is -0.977. The van der Waals surface area contributed by atoms with E-state index in [0.29, 0.717) is 23.1 Å². The molecular formula is C17H23FN4O2S. The maximum atomic E-state index is 13.5. The average molecular weight is 366 g/mol. The number of aliphatic hydroxyl groups is 1. The number of halogens is 1. The summed E-state index contributed by atoms with van der Waals surface area (Å²) in [5.41, 5.74) is 0.677. The van der Waals surface area contributed by atoms with Crippen LogP contribution in [0.15, 0.2) is 18.2 Å². The highest BCUT2D eigenvalue weighted by atomic mass is 32.1. The Hall–Kier alpha value is -2.06. The monoisotopic (exact) mass is 366 g/mol. The third-order valence-corrected chi connectivity index (χ3v) is 4.22. The van der Waals surface area contributed by atoms with Crippen LogP contribution in [0.3, 0.4) is 0 Å². The summed E-state index contributed by atoms with van der Waals surface area (Å²) in [7, 11) is 0. The number of hydrogen-bond donors (Lipinski definition) is 2. The molecule has 0 saturated carbocycles. The number of benzene rings is 1. The van der Waals surface area contributed by atoms with E-state index in [0.717, 1.165) is 11.1 Å². The number of aromatic nitrogens is 2. The Labute approximate surface area is 150 Å². The molecule has 0 unspecified atom stereocenters. The summed E-state index contributed by atoms with van der Waals surface area (Å²) in [5.74, 6) is -0.279. The van der Waals surface area contributed by atoms with Crippen LogP contribution in [0.25, 0.3) is 0 Å². The van der Waals surface area contributed by atoms with Crippen LogP contribution in [-0.2, 0) is 6.42 Å². The van der Waals surface area contributed by atoms with Crippen LogP contribution < -0.4 is 5.32 Å². The number of aryl methyl sites for hydroxylation is 1. The van der Waals surface area contributed by atoms with Crippen LogP contribution in [0.4, 0.5) is 14.3 Å². The molecule has 0 aliphatic heterocycles. The maximum absolute atomic E-state index is 13.5. The van der Waals surface area contributed by atoms with Gasteiger partial charge in [0.05, 0.1) is 12.1 Å². The Kier molecular flexibility index (Phi) is 6.07. The summed E-state index contributed by atoms with van der Waals surface area (Å²) in [6.07, 6.45) is 0.452. The van der Waals surface area contributed by atoms with E-state index in [4.69, 9.17) is 0 Å². The van der Waals surface area contributed by atoms with Gasteiger partial charge in [-0.05, 0) is 51.0 Å². The smallest absolute Gasteiger partial charge is 0.323 e. The molecule has 0 aliphatic rings. The van der Waals surface area contributed by atoms with E-state index in [1.165, 1.54) is 28.4 Å². The molecule has 2 aromatic rings. The quantitative estimate of drug-likeness (QED) is 0.823. The minimum Gasteiger partial charge on any atom is -0.389 e. The zero-order valence-corrected chi connectivity index (χ0v) is 15.7. The topological polar surface area (TPSA) is 78.4 Å². The first-order valence-corrected chi connectivity index (χ1v) is 8.84. The van der Waals surface area contributed by atoms with Crippen molar-refractivity contribution in [1.82, 2.24) is 15.1 Å². The third kappa shape index (κ3) is 6.06. The molecule has 1 heterocycles. The number of carbonyl (C=O) groups excluding carboxylic acids is 1. The number of likely N-dealkylation sites (N-methyl/N-ethyl adjacent to an activating group) is 1. The first-order valence-electron chi connectivity index (χ1n) is 8.03. The average Bonchev–Trinajstić information content (AvgIpc) is 2.89. The number of nitrogens with one attached hydrogen (secondary N) is 1. The van der Waals surface area contributed by atoms with Crippen molar-refractivity contribution in [1.29, 1.82) is 0 Å². The molecule has 1 aromatic heterocycles. The van der Waals surface area contributed by atoms with Crippen LogP contribution in [-0.4, -0.2) is 44.9 Å². The Morgan fingerprint density at radius 2 is 2.08 bits per heavy atom. The van der Waals surface area contributed by atoms with Crippen molar-refractivity contribution in [2.75, 3.05) is 18.4 Å². The maximum Gasteiger partial charge on any atom is 0.323 e. The largest absolute Gasteiger partial charge is 0.389 e. The van der Waals surface area contributed by atoms with Crippen molar-refractivity contribution in [2.45, 2.75) is 39.7 Å². The predicted molar refractivity (Wildman–Crippen MR) is 96.4 cm³/mol. The van der Waals surface area contributed by atoms with Gasteiger partial charge in [0.2, 0.25) is 5.13 Å². The molecule has 0 aliphatic carbocycles. The molecule has 136 valence electrons. The summed E-state index contributed by atoms with van der Waals surface area (Å²) in [4.78, 5) is 13.8. The van der Waals surface area contributed by atoms with E-state index < -0.39 is 5.60 Å². The van der Waals surface area contributed by atoms with Gasteiger partial charge in [0, 0.05) is 13.0 Å². The summed E-state index contributed by atoms with van der Waals surface area (Å²) in [6.45, 7) is 7.64. The number of amides is 2. The van der Waals surface area contributed by atoms with Gasteiger partial charge in [-0.2, -0.15) is 0 Å². The van der Waals surface area contributed by atoms with Gasteiger partial charge in [0.25, 0.3) is 0 Å². The minimum absolute atomic E-state index is 0.212. The fraction of sp³-hybridized carbons (Fsp3) is 0.471. The van der Waals surface area contributed by atoms with Crippen molar-refractivity contribution in [3.05, 3.63) is 40.2 Å². The van der Waals surface area contributed by atoms with Crippen LogP contribution in [0, 0.1) is 12.7 Å². The van der Waals surface area contributed by atoms with Gasteiger partial charge < -0.3 is 10.0 Å². The lowest BCUT2D eigenvalue weighted by atomic mass is 10.1. The van der Waals surface area contributed by atoms with Crippen LogP contribution >= 0.6 is 11.3 Å². The zero-order valence-electron chi connectivity index (χ0n) is 14.8. The second-order valence-electron chi connectivity index (χ2n) is 6.57. The highest BCUT2D eigenvalue weighted by Gasteiger charge is 2.22. The van der Waals surface area contributed by atoms with E-state index in [-0.39, 0.29) is 18.4 Å². The fourth-order valence-corrected chi connectivity index (χ4v) is 3.19. The highest BCUT2D eigenvalue weighted by Crippen LogP contribution is 2.20. The molecule has 25 heavy (non-hydrogen) atoms. The van der Waals surface area contributed by atoms with Crippen molar-refractivity contribution in [3.8, 4) is 0 Å². The summed E-state index contributed by atoms with van der Waals surface area (Å²) < 4.78 is 13.5. The lowest BCUT2D eigenvalue weighted by Crippen LogP contribution is -2.44. The molecule has 0 spiro atoms. The van der Waals surface area contributed by atoms with E-state index >= 15 is 0 Å². The second kappa shape index (κ2) is 7.88. The van der Waals surface area contributed by atoms with Crippen LogP contribution in [0.1, 0.15) is 36.9 Å². The first kappa shape index (κ1) is 19.3. The molecule has 0 saturated heterocycles. The second-order valence-corrected chi connectivity index (χ2v) is 7.63. The molecule has 0 atom stereocenters. The normalized spacial score (nSPS) is 11.4. The molecule has 0 bridgehead atoms. The van der Waals surface area contributed by atoms with Crippen molar-refractivity contribution in [3.63, 3.8) is 0 Å². The van der Waals surface area contributed by atoms with E-state index in [2.05, 4.69) is 15.5 Å². The van der Waals surface area contributed by atoms with Gasteiger partial charge in [0.15, 0.2) is 0 Å². The molecule has 2 amide bonds. The van der Waals surface area contributed by atoms with E-state index in [1.807, 2.05) is 19.9 Å².